The average Bonchev–Trinajstić information content (AvgIpc) is 3.44. The number of halogens is 4. The van der Waals surface area contributed by atoms with Gasteiger partial charge in [0.1, 0.15) is 23.4 Å². The average molecular weight is 532 g/mol. The van der Waals surface area contributed by atoms with Gasteiger partial charge in [-0.1, -0.05) is 17.7 Å². The largest absolute Gasteiger partial charge is 0.466 e. The van der Waals surface area contributed by atoms with Gasteiger partial charge >= 0.3 is 0 Å². The van der Waals surface area contributed by atoms with Crippen LogP contribution in [0.25, 0.3) is 0 Å². The molecule has 3 heterocycles. The molecule has 0 radical (unpaired) electrons. The number of thiazole rings is 1. The van der Waals surface area contributed by atoms with Gasteiger partial charge in [0.15, 0.2) is 0 Å². The maximum atomic E-state index is 14.2. The number of likely N-dealkylation sites (tertiary alicyclic amines) is 1. The maximum absolute atomic E-state index is 14.2. The summed E-state index contributed by atoms with van der Waals surface area (Å²) >= 11 is 8.29. The predicted molar refractivity (Wildman–Crippen MR) is 123 cm³/mol. The van der Waals surface area contributed by atoms with E-state index in [9.17, 15) is 18.0 Å². The van der Waals surface area contributed by atoms with Gasteiger partial charge in [-0.25, -0.2) is 18.2 Å². The number of alkyl halides is 2. The Kier molecular flexibility index (Phi) is 8.02. The Hall–Kier alpha value is -2.28. The Morgan fingerprint density at radius 2 is 2.12 bits per heavy atom. The Balaban J connectivity index is 1.48. The van der Waals surface area contributed by atoms with Gasteiger partial charge in [0.2, 0.25) is 0 Å². The molecule has 7 nitrogen and oxygen atoms in total. The Labute approximate surface area is 207 Å². The highest BCUT2D eigenvalue weighted by Gasteiger charge is 2.32. The highest BCUT2D eigenvalue weighted by atomic mass is 35.5. The van der Waals surface area contributed by atoms with Crippen LogP contribution in [-0.2, 0) is 0 Å². The van der Waals surface area contributed by atoms with Crippen LogP contribution >= 0.6 is 34.5 Å². The molecule has 1 amide bonds. The maximum Gasteiger partial charge on any atom is 0.293 e. The fourth-order valence-electron chi connectivity index (χ4n) is 3.83. The predicted octanol–water partition coefficient (Wildman–Crippen LogP) is 5.05. The second kappa shape index (κ2) is 11.0. The lowest BCUT2D eigenvalue weighted by atomic mass is 10.0. The van der Waals surface area contributed by atoms with Gasteiger partial charge in [-0.3, -0.25) is 9.69 Å². The van der Waals surface area contributed by atoms with Gasteiger partial charge in [0.25, 0.3) is 17.5 Å². The highest BCUT2D eigenvalue weighted by molar-refractivity contribution is 7.09. The number of piperidine rings is 1. The van der Waals surface area contributed by atoms with E-state index < -0.39 is 24.2 Å². The molecule has 1 aliphatic heterocycles. The molecule has 0 bridgehead atoms. The van der Waals surface area contributed by atoms with Crippen molar-refractivity contribution in [2.75, 3.05) is 19.6 Å². The summed E-state index contributed by atoms with van der Waals surface area (Å²) in [7, 11) is 0. The number of hydrogen-bond donors (Lipinski definition) is 1. The van der Waals surface area contributed by atoms with Gasteiger partial charge < -0.3 is 10.1 Å². The van der Waals surface area contributed by atoms with Gasteiger partial charge in [-0.2, -0.15) is 9.36 Å². The van der Waals surface area contributed by atoms with Crippen LogP contribution in [0, 0.1) is 12.7 Å². The second-order valence-electron chi connectivity index (χ2n) is 7.69. The van der Waals surface area contributed by atoms with Crippen molar-refractivity contribution in [2.24, 2.45) is 0 Å². The van der Waals surface area contributed by atoms with Crippen molar-refractivity contribution in [2.45, 2.75) is 38.3 Å². The molecule has 1 N–H and O–H groups in total. The first kappa shape index (κ1) is 24.8. The zero-order valence-corrected chi connectivity index (χ0v) is 20.4. The van der Waals surface area contributed by atoms with Gasteiger partial charge in [0, 0.05) is 31.2 Å². The van der Waals surface area contributed by atoms with Crippen molar-refractivity contribution >= 4 is 40.4 Å². The van der Waals surface area contributed by atoms with Crippen molar-refractivity contribution in [3.05, 3.63) is 56.5 Å². The topological polar surface area (TPSA) is 80.2 Å². The Morgan fingerprint density at radius 1 is 1.35 bits per heavy atom. The summed E-state index contributed by atoms with van der Waals surface area (Å²) < 4.78 is 51.4. The number of amides is 1. The number of ether oxygens (including phenoxy) is 1. The quantitative estimate of drug-likeness (QED) is 0.438. The van der Waals surface area contributed by atoms with E-state index in [1.54, 1.807) is 6.92 Å². The van der Waals surface area contributed by atoms with E-state index in [1.807, 2.05) is 4.90 Å². The van der Waals surface area contributed by atoms with Crippen molar-refractivity contribution in [3.63, 3.8) is 0 Å². The number of benzene rings is 1. The minimum Gasteiger partial charge on any atom is -0.466 e. The van der Waals surface area contributed by atoms with Gasteiger partial charge in [-0.15, -0.1) is 11.3 Å². The van der Waals surface area contributed by atoms with E-state index in [-0.39, 0.29) is 28.9 Å². The van der Waals surface area contributed by atoms with Gasteiger partial charge in [0.05, 0.1) is 27.0 Å². The molecule has 1 aromatic carbocycles. The third-order valence-corrected chi connectivity index (χ3v) is 7.43. The van der Waals surface area contributed by atoms with E-state index in [0.717, 1.165) is 17.4 Å². The van der Waals surface area contributed by atoms with E-state index in [2.05, 4.69) is 19.7 Å². The number of carbonyl (C=O) groups is 1. The summed E-state index contributed by atoms with van der Waals surface area (Å²) in [5.74, 6) is -0.813. The number of hydrogen-bond acceptors (Lipinski definition) is 8. The molecule has 0 spiro atoms. The SMILES string of the molecule is Cc1nsc(OC2CCN(C(CNC(=O)c3c(F)cccc3Cl)c3scnc3C(F)F)CC2)n1. The standard InChI is InChI=1S/C21H21ClF3N5O2S2/c1-11-28-21(34-29-11)32-12-5-7-30(8-6-12)15(18-17(19(24)25)27-10-33-18)9-26-20(31)16-13(22)3-2-4-14(16)23/h2-4,10,12,15,19H,5-9H2,1H3,(H,26,31). The molecule has 182 valence electrons. The lowest BCUT2D eigenvalue weighted by Gasteiger charge is -2.37. The number of carbonyl (C=O) groups excluding carboxylic acids is 1. The Bertz CT molecular complexity index is 1120. The molecule has 13 heteroatoms. The van der Waals surface area contributed by atoms with E-state index in [1.165, 1.54) is 29.2 Å². The van der Waals surface area contributed by atoms with Crippen LogP contribution in [-0.4, -0.2) is 50.9 Å². The van der Waals surface area contributed by atoms with Crippen LogP contribution in [0.1, 0.15) is 52.1 Å². The summed E-state index contributed by atoms with van der Waals surface area (Å²) in [4.78, 5) is 23.1. The molecule has 3 aromatic rings. The lowest BCUT2D eigenvalue weighted by molar-refractivity contribution is 0.0701. The fraction of sp³-hybridized carbons (Fsp3) is 0.429. The fourth-order valence-corrected chi connectivity index (χ4v) is 5.61. The summed E-state index contributed by atoms with van der Waals surface area (Å²) in [6.07, 6.45) is -1.54. The smallest absolute Gasteiger partial charge is 0.293 e. The Morgan fingerprint density at radius 3 is 2.76 bits per heavy atom. The molecule has 1 unspecified atom stereocenters. The monoisotopic (exact) mass is 531 g/mol. The molecule has 4 rings (SSSR count). The second-order valence-corrected chi connectivity index (χ2v) is 9.69. The molecule has 1 fully saturated rings. The summed E-state index contributed by atoms with van der Waals surface area (Å²) in [5.41, 5.74) is 0.782. The molecule has 1 saturated heterocycles. The lowest BCUT2D eigenvalue weighted by Crippen LogP contribution is -2.44. The molecule has 0 saturated carbocycles. The van der Waals surface area contributed by atoms with E-state index >= 15 is 0 Å². The molecule has 0 aliphatic carbocycles. The molecule has 1 aliphatic rings. The highest BCUT2D eigenvalue weighted by Crippen LogP contribution is 2.35. The van der Waals surface area contributed by atoms with Crippen LogP contribution in [0.4, 0.5) is 13.2 Å². The normalized spacial score (nSPS) is 16.1. The summed E-state index contributed by atoms with van der Waals surface area (Å²) in [5, 5.41) is 3.15. The van der Waals surface area contributed by atoms with Crippen LogP contribution < -0.4 is 10.1 Å². The zero-order chi connectivity index (χ0) is 24.2. The minimum atomic E-state index is -2.75. The van der Waals surface area contributed by atoms with Crippen molar-refractivity contribution in [3.8, 4) is 5.19 Å². The van der Waals surface area contributed by atoms with Crippen molar-refractivity contribution < 1.29 is 22.7 Å². The van der Waals surface area contributed by atoms with Crippen LogP contribution in [0.15, 0.2) is 23.7 Å². The van der Waals surface area contributed by atoms with E-state index in [4.69, 9.17) is 16.3 Å². The zero-order valence-electron chi connectivity index (χ0n) is 18.0. The number of aryl methyl sites for hydroxylation is 1. The van der Waals surface area contributed by atoms with Crippen LogP contribution in [0.3, 0.4) is 0 Å². The van der Waals surface area contributed by atoms with E-state index in [0.29, 0.717) is 41.8 Å². The number of nitrogens with zero attached hydrogens (tertiary/aromatic N) is 4. The summed E-state index contributed by atoms with van der Waals surface area (Å²) in [6.45, 7) is 2.87. The first-order valence-electron chi connectivity index (χ1n) is 10.5. The third kappa shape index (κ3) is 5.68. The molecule has 2 aromatic heterocycles. The molecular formula is C21H21ClF3N5O2S2. The number of nitrogens with one attached hydrogen (secondary N) is 1. The number of aromatic nitrogens is 3. The first-order chi connectivity index (χ1) is 16.3. The third-order valence-electron chi connectivity index (χ3n) is 5.47. The summed E-state index contributed by atoms with van der Waals surface area (Å²) in [6, 6.07) is 3.40. The number of rotatable bonds is 8. The molecule has 34 heavy (non-hydrogen) atoms. The van der Waals surface area contributed by atoms with Crippen LogP contribution in [0.2, 0.25) is 5.02 Å². The molecular weight excluding hydrogens is 511 g/mol. The minimum absolute atomic E-state index is 0.00741. The molecule has 1 atom stereocenters. The van der Waals surface area contributed by atoms with Crippen molar-refractivity contribution in [1.82, 2.24) is 24.6 Å². The van der Waals surface area contributed by atoms with Crippen LogP contribution in [0.5, 0.6) is 5.19 Å². The first-order valence-corrected chi connectivity index (χ1v) is 12.5. The van der Waals surface area contributed by atoms with Gasteiger partial charge in [-0.05, 0) is 31.9 Å². The van der Waals surface area contributed by atoms with Crippen molar-refractivity contribution in [1.29, 1.82) is 0 Å².